The molecular weight excluding hydrogens is 226 g/mol. The molecule has 3 nitrogen and oxygen atoms in total. The van der Waals surface area contributed by atoms with Gasteiger partial charge in [0.05, 0.1) is 19.6 Å². The van der Waals surface area contributed by atoms with Crippen LogP contribution < -0.4 is 9.59 Å². The standard InChI is InChI=1S/C13H22N.C2H4O2/c1-5-14(6-2,7-3)13-10-8-12(4)9-11-13;1-2(3)4/h8-11H,5-7H2,1-4H3;1H3,(H,3,4)/q+1;/p-1. The average Bonchev–Trinajstić information content (AvgIpc) is 2.33. The zero-order valence-electron chi connectivity index (χ0n) is 12.2. The molecule has 0 fully saturated rings. The van der Waals surface area contributed by atoms with Gasteiger partial charge in [0.15, 0.2) is 0 Å². The van der Waals surface area contributed by atoms with E-state index in [0.717, 1.165) is 11.4 Å². The lowest BCUT2D eigenvalue weighted by Crippen LogP contribution is -2.48. The van der Waals surface area contributed by atoms with Crippen molar-refractivity contribution in [1.29, 1.82) is 0 Å². The number of aliphatic carboxylic acids is 1. The number of rotatable bonds is 4. The minimum atomic E-state index is -1.08. The van der Waals surface area contributed by atoms with Crippen LogP contribution >= 0.6 is 0 Å². The summed E-state index contributed by atoms with van der Waals surface area (Å²) in [6.07, 6.45) is 0. The van der Waals surface area contributed by atoms with Crippen molar-refractivity contribution in [3.05, 3.63) is 29.8 Å². The number of quaternary nitrogens is 1. The summed E-state index contributed by atoms with van der Waals surface area (Å²) in [5, 5.41) is 8.89. The SMILES string of the molecule is CC(=O)[O-].CC[N+](CC)(CC)c1ccc(C)cc1. The van der Waals surface area contributed by atoms with E-state index in [1.54, 1.807) is 0 Å². The van der Waals surface area contributed by atoms with E-state index in [4.69, 9.17) is 9.90 Å². The quantitative estimate of drug-likeness (QED) is 0.769. The zero-order chi connectivity index (χ0) is 14.2. The molecule has 0 aliphatic rings. The van der Waals surface area contributed by atoms with Crippen LogP contribution in [-0.2, 0) is 4.79 Å². The number of carboxylic acid groups (broad SMARTS) is 1. The van der Waals surface area contributed by atoms with Crippen LogP contribution in [0.2, 0.25) is 0 Å². The Balaban J connectivity index is 0.000000631. The summed E-state index contributed by atoms with van der Waals surface area (Å²) < 4.78 is 1.10. The van der Waals surface area contributed by atoms with Crippen molar-refractivity contribution in [3.63, 3.8) is 0 Å². The molecule has 0 saturated carbocycles. The highest BCUT2D eigenvalue weighted by Gasteiger charge is 2.23. The van der Waals surface area contributed by atoms with Gasteiger partial charge in [-0.3, -0.25) is 4.48 Å². The Bertz CT molecular complexity index is 341. The molecule has 1 rings (SSSR count). The van der Waals surface area contributed by atoms with E-state index < -0.39 is 5.97 Å². The second-order valence-electron chi connectivity index (χ2n) is 4.42. The fourth-order valence-corrected chi connectivity index (χ4v) is 2.08. The summed E-state index contributed by atoms with van der Waals surface area (Å²) in [5.41, 5.74) is 2.79. The zero-order valence-corrected chi connectivity index (χ0v) is 12.2. The largest absolute Gasteiger partial charge is 0.550 e. The summed E-state index contributed by atoms with van der Waals surface area (Å²) >= 11 is 0. The van der Waals surface area contributed by atoms with Crippen LogP contribution in [0.3, 0.4) is 0 Å². The third-order valence-electron chi connectivity index (χ3n) is 3.40. The summed E-state index contributed by atoms with van der Waals surface area (Å²) in [4.78, 5) is 8.89. The van der Waals surface area contributed by atoms with Crippen LogP contribution in [0.5, 0.6) is 0 Å². The highest BCUT2D eigenvalue weighted by Crippen LogP contribution is 2.22. The van der Waals surface area contributed by atoms with Crippen LogP contribution in [0, 0.1) is 6.92 Å². The first kappa shape index (κ1) is 16.6. The molecule has 0 unspecified atom stereocenters. The number of nitrogens with zero attached hydrogens (tertiary/aromatic N) is 1. The first-order valence-corrected chi connectivity index (χ1v) is 6.52. The number of benzene rings is 1. The van der Waals surface area contributed by atoms with E-state index in [9.17, 15) is 0 Å². The molecule has 18 heavy (non-hydrogen) atoms. The van der Waals surface area contributed by atoms with Crippen LogP contribution in [0.4, 0.5) is 5.69 Å². The molecule has 0 aromatic heterocycles. The first-order chi connectivity index (χ1) is 8.41. The Kier molecular flexibility index (Phi) is 7.29. The van der Waals surface area contributed by atoms with Gasteiger partial charge >= 0.3 is 0 Å². The van der Waals surface area contributed by atoms with Crippen molar-refractivity contribution in [2.75, 3.05) is 19.6 Å². The highest BCUT2D eigenvalue weighted by atomic mass is 16.4. The van der Waals surface area contributed by atoms with Crippen molar-refractivity contribution in [3.8, 4) is 0 Å². The maximum Gasteiger partial charge on any atom is 0.132 e. The predicted molar refractivity (Wildman–Crippen MR) is 75.3 cm³/mol. The van der Waals surface area contributed by atoms with Gasteiger partial charge in [0.2, 0.25) is 0 Å². The first-order valence-electron chi connectivity index (χ1n) is 6.52. The molecule has 0 radical (unpaired) electrons. The molecule has 3 heteroatoms. The molecule has 102 valence electrons. The highest BCUT2D eigenvalue weighted by molar-refractivity contribution is 5.60. The van der Waals surface area contributed by atoms with Crippen LogP contribution in [0.25, 0.3) is 0 Å². The van der Waals surface area contributed by atoms with Crippen molar-refractivity contribution < 1.29 is 9.90 Å². The molecule has 0 spiro atoms. The number of carboxylic acids is 1. The van der Waals surface area contributed by atoms with Gasteiger partial charge < -0.3 is 9.90 Å². The Morgan fingerprint density at radius 1 is 1.06 bits per heavy atom. The smallest absolute Gasteiger partial charge is 0.132 e. The van der Waals surface area contributed by atoms with Gasteiger partial charge in [-0.2, -0.15) is 0 Å². The van der Waals surface area contributed by atoms with Crippen LogP contribution in [0.1, 0.15) is 33.3 Å². The Labute approximate surface area is 111 Å². The van der Waals surface area contributed by atoms with E-state index in [-0.39, 0.29) is 0 Å². The molecule has 0 aliphatic heterocycles. The van der Waals surface area contributed by atoms with Crippen LogP contribution in [0.15, 0.2) is 24.3 Å². The molecule has 0 bridgehead atoms. The van der Waals surface area contributed by atoms with E-state index >= 15 is 0 Å². The molecule has 0 N–H and O–H groups in total. The molecule has 0 heterocycles. The minimum absolute atomic E-state index is 0.972. The molecule has 0 atom stereocenters. The number of carbonyl (C=O) groups excluding carboxylic acids is 1. The molecule has 1 aromatic rings. The second kappa shape index (κ2) is 7.88. The van der Waals surface area contributed by atoms with E-state index in [2.05, 4.69) is 52.0 Å². The number of hydrogen-bond donors (Lipinski definition) is 0. The lowest BCUT2D eigenvalue weighted by atomic mass is 10.2. The Hall–Kier alpha value is -1.35. The predicted octanol–water partition coefficient (Wildman–Crippen LogP) is 2.12. The summed E-state index contributed by atoms with van der Waals surface area (Å²) in [7, 11) is 0. The normalized spacial score (nSPS) is 10.5. The Morgan fingerprint density at radius 2 is 1.39 bits per heavy atom. The van der Waals surface area contributed by atoms with E-state index in [1.807, 2.05) is 0 Å². The topological polar surface area (TPSA) is 40.1 Å². The van der Waals surface area contributed by atoms with Crippen molar-refractivity contribution >= 4 is 11.7 Å². The Morgan fingerprint density at radius 3 is 1.67 bits per heavy atom. The lowest BCUT2D eigenvalue weighted by molar-refractivity contribution is -0.302. The molecule has 0 aliphatic carbocycles. The van der Waals surface area contributed by atoms with Gasteiger partial charge in [0.25, 0.3) is 0 Å². The second-order valence-corrected chi connectivity index (χ2v) is 4.42. The summed E-state index contributed by atoms with van der Waals surface area (Å²) in [6, 6.07) is 8.96. The fourth-order valence-electron chi connectivity index (χ4n) is 2.08. The van der Waals surface area contributed by atoms with Gasteiger partial charge in [-0.1, -0.05) is 17.7 Å². The van der Waals surface area contributed by atoms with Gasteiger partial charge in [-0.05, 0) is 46.8 Å². The minimum Gasteiger partial charge on any atom is -0.550 e. The van der Waals surface area contributed by atoms with E-state index in [0.29, 0.717) is 0 Å². The van der Waals surface area contributed by atoms with Crippen molar-refractivity contribution in [2.24, 2.45) is 0 Å². The summed E-state index contributed by atoms with van der Waals surface area (Å²) in [5.74, 6) is -1.08. The molecule has 0 saturated heterocycles. The fraction of sp³-hybridized carbons (Fsp3) is 0.533. The average molecular weight is 251 g/mol. The number of aryl methyl sites for hydroxylation is 1. The lowest BCUT2D eigenvalue weighted by Gasteiger charge is -2.35. The number of carbonyl (C=O) groups is 1. The van der Waals surface area contributed by atoms with Gasteiger partial charge in [-0.25, -0.2) is 0 Å². The molecular formula is C15H25NO2. The van der Waals surface area contributed by atoms with Gasteiger partial charge in [-0.15, -0.1) is 0 Å². The third-order valence-corrected chi connectivity index (χ3v) is 3.40. The van der Waals surface area contributed by atoms with Crippen molar-refractivity contribution in [2.45, 2.75) is 34.6 Å². The summed E-state index contributed by atoms with van der Waals surface area (Å²) in [6.45, 7) is 13.5. The molecule has 0 amide bonds. The van der Waals surface area contributed by atoms with Crippen LogP contribution in [-0.4, -0.2) is 25.6 Å². The third kappa shape index (κ3) is 4.88. The van der Waals surface area contributed by atoms with Gasteiger partial charge in [0, 0.05) is 5.97 Å². The monoisotopic (exact) mass is 251 g/mol. The number of hydrogen-bond acceptors (Lipinski definition) is 2. The van der Waals surface area contributed by atoms with E-state index in [1.165, 1.54) is 30.9 Å². The maximum atomic E-state index is 8.89. The van der Waals surface area contributed by atoms with Gasteiger partial charge in [0.1, 0.15) is 5.69 Å². The maximum absolute atomic E-state index is 8.89. The van der Waals surface area contributed by atoms with Crippen molar-refractivity contribution in [1.82, 2.24) is 4.48 Å². The molecule has 1 aromatic carbocycles.